The van der Waals surface area contributed by atoms with Crippen LogP contribution in [-0.2, 0) is 4.79 Å². The van der Waals surface area contributed by atoms with E-state index >= 15 is 0 Å². The fourth-order valence-electron chi connectivity index (χ4n) is 0.906. The van der Waals surface area contributed by atoms with Crippen LogP contribution in [0.4, 0.5) is 0 Å². The first-order valence-corrected chi connectivity index (χ1v) is 3.75. The third-order valence-electron chi connectivity index (χ3n) is 1.48. The zero-order valence-corrected chi connectivity index (χ0v) is 7.23. The number of nitrogens with zero attached hydrogens (tertiary/aromatic N) is 1. The Hall–Kier alpha value is -1.86. The van der Waals surface area contributed by atoms with Gasteiger partial charge in [-0.2, -0.15) is 0 Å². The molecule has 0 bridgehead atoms. The normalized spacial score (nSPS) is 8.38. The maximum atomic E-state index is 8.88. The lowest BCUT2D eigenvalue weighted by Crippen LogP contribution is -1.57. The van der Waals surface area contributed by atoms with Crippen LogP contribution in [0.15, 0.2) is 46.2 Å². The molecular formula is C10H9NO2. The van der Waals surface area contributed by atoms with Gasteiger partial charge in [0.2, 0.25) is 6.08 Å². The highest BCUT2D eigenvalue weighted by atomic mass is 16.3. The van der Waals surface area contributed by atoms with Crippen molar-refractivity contribution in [3.63, 3.8) is 0 Å². The van der Waals surface area contributed by atoms with Crippen molar-refractivity contribution in [2.45, 2.75) is 0 Å². The van der Waals surface area contributed by atoms with Gasteiger partial charge >= 0.3 is 0 Å². The number of furan rings is 1. The van der Waals surface area contributed by atoms with Gasteiger partial charge in [-0.1, -0.05) is 24.3 Å². The molecule has 1 heterocycles. The number of isocyanates is 1. The summed E-state index contributed by atoms with van der Waals surface area (Å²) in [6.45, 7) is 0. The van der Waals surface area contributed by atoms with E-state index in [2.05, 4.69) is 4.99 Å². The second-order valence-electron chi connectivity index (χ2n) is 2.32. The standard InChI is InChI=1S/C8H6O.C2H3NO/c1-2-4-8-6-9-5-7(8)3-1;1-3-2-4/h1-6H;1H3. The summed E-state index contributed by atoms with van der Waals surface area (Å²) in [6.07, 6.45) is 4.80. The molecule has 3 nitrogen and oxygen atoms in total. The van der Waals surface area contributed by atoms with Crippen molar-refractivity contribution >= 4 is 16.9 Å². The molecule has 0 spiro atoms. The fraction of sp³-hybridized carbons (Fsp3) is 0.100. The summed E-state index contributed by atoms with van der Waals surface area (Å²) in [4.78, 5) is 11.8. The number of hydrogen-bond acceptors (Lipinski definition) is 3. The van der Waals surface area contributed by atoms with E-state index in [4.69, 9.17) is 9.21 Å². The molecule has 2 rings (SSSR count). The molecule has 1 aromatic heterocycles. The van der Waals surface area contributed by atoms with Gasteiger partial charge in [-0.05, 0) is 0 Å². The minimum Gasteiger partial charge on any atom is -0.471 e. The maximum Gasteiger partial charge on any atom is 0.234 e. The molecule has 13 heavy (non-hydrogen) atoms. The SMILES string of the molecule is CN=C=O.c1ccc2cocc2c1. The second kappa shape index (κ2) is 4.91. The molecule has 66 valence electrons. The van der Waals surface area contributed by atoms with Crippen molar-refractivity contribution < 1.29 is 9.21 Å². The van der Waals surface area contributed by atoms with Crippen LogP contribution < -0.4 is 0 Å². The molecule has 0 fully saturated rings. The van der Waals surface area contributed by atoms with Gasteiger partial charge in [0.1, 0.15) is 0 Å². The van der Waals surface area contributed by atoms with E-state index in [9.17, 15) is 0 Å². The Morgan fingerprint density at radius 1 is 1.23 bits per heavy atom. The Kier molecular flexibility index (Phi) is 3.48. The van der Waals surface area contributed by atoms with Gasteiger partial charge in [-0.15, -0.1) is 0 Å². The summed E-state index contributed by atoms with van der Waals surface area (Å²) in [7, 11) is 1.38. The van der Waals surface area contributed by atoms with Gasteiger partial charge in [-0.25, -0.2) is 9.79 Å². The molecule has 1 aromatic carbocycles. The molecule has 0 saturated carbocycles. The number of hydrogen-bond donors (Lipinski definition) is 0. The Morgan fingerprint density at radius 2 is 1.69 bits per heavy atom. The van der Waals surface area contributed by atoms with Crippen LogP contribution in [0.3, 0.4) is 0 Å². The predicted octanol–water partition coefficient (Wildman–Crippen LogP) is 2.38. The molecule has 0 aliphatic carbocycles. The third kappa shape index (κ3) is 2.58. The van der Waals surface area contributed by atoms with Gasteiger partial charge in [0.15, 0.2) is 0 Å². The van der Waals surface area contributed by atoms with Crippen molar-refractivity contribution in [3.8, 4) is 0 Å². The van der Waals surface area contributed by atoms with E-state index in [0.717, 1.165) is 10.8 Å². The summed E-state index contributed by atoms with van der Waals surface area (Å²) in [5, 5.41) is 2.33. The first-order chi connectivity index (χ1) is 6.38. The molecule has 0 amide bonds. The average Bonchev–Trinajstić information content (AvgIpc) is 2.66. The molecule has 3 heteroatoms. The molecule has 0 radical (unpaired) electrons. The molecule has 0 aliphatic rings. The average molecular weight is 175 g/mol. The third-order valence-corrected chi connectivity index (χ3v) is 1.48. The molecule has 0 unspecified atom stereocenters. The second-order valence-corrected chi connectivity index (χ2v) is 2.32. The van der Waals surface area contributed by atoms with E-state index in [1.54, 1.807) is 12.5 Å². The monoisotopic (exact) mass is 175 g/mol. The van der Waals surface area contributed by atoms with Crippen LogP contribution in [0.1, 0.15) is 0 Å². The first kappa shape index (κ1) is 9.23. The maximum absolute atomic E-state index is 8.88. The van der Waals surface area contributed by atoms with Gasteiger partial charge in [0, 0.05) is 17.8 Å². The summed E-state index contributed by atoms with van der Waals surface area (Å²) >= 11 is 0. The lowest BCUT2D eigenvalue weighted by molar-refractivity contribution is 0.564. The van der Waals surface area contributed by atoms with Crippen LogP contribution in [0.5, 0.6) is 0 Å². The number of fused-ring (bicyclic) bond motifs is 1. The Morgan fingerprint density at radius 3 is 2.08 bits per heavy atom. The quantitative estimate of drug-likeness (QED) is 0.455. The zero-order valence-electron chi connectivity index (χ0n) is 7.23. The fourth-order valence-corrected chi connectivity index (χ4v) is 0.906. The highest BCUT2D eigenvalue weighted by Crippen LogP contribution is 2.12. The highest BCUT2D eigenvalue weighted by molar-refractivity contribution is 5.80. The van der Waals surface area contributed by atoms with E-state index < -0.39 is 0 Å². The van der Waals surface area contributed by atoms with E-state index in [1.807, 2.05) is 24.3 Å². The van der Waals surface area contributed by atoms with Crippen molar-refractivity contribution in [1.29, 1.82) is 0 Å². The van der Waals surface area contributed by atoms with Gasteiger partial charge in [-0.3, -0.25) is 0 Å². The van der Waals surface area contributed by atoms with E-state index in [1.165, 1.54) is 13.1 Å². The molecule has 0 saturated heterocycles. The topological polar surface area (TPSA) is 42.6 Å². The number of benzene rings is 1. The number of aliphatic imine (C=N–C) groups is 1. The van der Waals surface area contributed by atoms with Crippen LogP contribution in [0.2, 0.25) is 0 Å². The lowest BCUT2D eigenvalue weighted by Gasteiger charge is -1.80. The van der Waals surface area contributed by atoms with Crippen molar-refractivity contribution in [2.75, 3.05) is 7.05 Å². The minimum atomic E-state index is 1.16. The van der Waals surface area contributed by atoms with E-state index in [-0.39, 0.29) is 0 Å². The van der Waals surface area contributed by atoms with Crippen LogP contribution in [0.25, 0.3) is 10.8 Å². The smallest absolute Gasteiger partial charge is 0.234 e. The number of carbonyl (C=O) groups excluding carboxylic acids is 1. The Labute approximate surface area is 75.7 Å². The molecular weight excluding hydrogens is 166 g/mol. The Balaban J connectivity index is 0.000000184. The number of rotatable bonds is 0. The Bertz CT molecular complexity index is 383. The summed E-state index contributed by atoms with van der Waals surface area (Å²) in [6, 6.07) is 8.05. The summed E-state index contributed by atoms with van der Waals surface area (Å²) in [5.41, 5.74) is 0. The minimum absolute atomic E-state index is 1.16. The predicted molar refractivity (Wildman–Crippen MR) is 50.3 cm³/mol. The van der Waals surface area contributed by atoms with Gasteiger partial charge in [0.25, 0.3) is 0 Å². The highest BCUT2D eigenvalue weighted by Gasteiger charge is 1.89. The lowest BCUT2D eigenvalue weighted by atomic mass is 10.2. The molecule has 0 aliphatic heterocycles. The van der Waals surface area contributed by atoms with Crippen molar-refractivity contribution in [1.82, 2.24) is 0 Å². The van der Waals surface area contributed by atoms with Gasteiger partial charge in [0.05, 0.1) is 12.5 Å². The molecule has 0 N–H and O–H groups in total. The largest absolute Gasteiger partial charge is 0.471 e. The first-order valence-electron chi connectivity index (χ1n) is 3.75. The zero-order chi connectivity index (χ0) is 9.52. The van der Waals surface area contributed by atoms with Crippen molar-refractivity contribution in [2.24, 2.45) is 4.99 Å². The van der Waals surface area contributed by atoms with Crippen molar-refractivity contribution in [3.05, 3.63) is 36.8 Å². The van der Waals surface area contributed by atoms with E-state index in [0.29, 0.717) is 0 Å². The summed E-state index contributed by atoms with van der Waals surface area (Å²) in [5.74, 6) is 0. The van der Waals surface area contributed by atoms with Crippen LogP contribution in [0, 0.1) is 0 Å². The molecule has 0 atom stereocenters. The van der Waals surface area contributed by atoms with Crippen LogP contribution in [-0.4, -0.2) is 13.1 Å². The molecule has 2 aromatic rings. The summed E-state index contributed by atoms with van der Waals surface area (Å²) < 4.78 is 4.96. The van der Waals surface area contributed by atoms with Crippen LogP contribution >= 0.6 is 0 Å². The van der Waals surface area contributed by atoms with Gasteiger partial charge < -0.3 is 4.42 Å².